The zero-order valence-electron chi connectivity index (χ0n) is 7.03. The molecule has 0 radical (unpaired) electrons. The van der Waals surface area contributed by atoms with Crippen LogP contribution in [-0.2, 0) is 6.61 Å². The van der Waals surface area contributed by atoms with Crippen LogP contribution in [0.3, 0.4) is 0 Å². The maximum atomic E-state index is 10.8. The van der Waals surface area contributed by atoms with Crippen molar-refractivity contribution in [3.05, 3.63) is 29.7 Å². The molecule has 0 aliphatic rings. The van der Waals surface area contributed by atoms with Gasteiger partial charge in [0.25, 0.3) is 5.89 Å². The summed E-state index contributed by atoms with van der Waals surface area (Å²) in [5.74, 6) is -0.150. The van der Waals surface area contributed by atoms with E-state index in [1.807, 2.05) is 0 Å². The zero-order chi connectivity index (χ0) is 10.1. The van der Waals surface area contributed by atoms with Crippen LogP contribution in [0.25, 0.3) is 11.1 Å². The highest BCUT2D eigenvalue weighted by atomic mass is 35.5. The van der Waals surface area contributed by atoms with Crippen LogP contribution >= 0.6 is 11.6 Å². The maximum Gasteiger partial charge on any atom is 0.307 e. The van der Waals surface area contributed by atoms with Crippen molar-refractivity contribution in [3.63, 3.8) is 0 Å². The van der Waals surface area contributed by atoms with Gasteiger partial charge in [-0.15, -0.1) is 0 Å². The van der Waals surface area contributed by atoms with Crippen molar-refractivity contribution in [2.24, 2.45) is 0 Å². The van der Waals surface area contributed by atoms with Gasteiger partial charge in [0.2, 0.25) is 0 Å². The smallest absolute Gasteiger partial charge is 0.307 e. The quantitative estimate of drug-likeness (QED) is 0.768. The summed E-state index contributed by atoms with van der Waals surface area (Å²) >= 11 is 5.21. The number of aliphatic hydroxyl groups is 1. The molecule has 2 rings (SSSR count). The van der Waals surface area contributed by atoms with Crippen LogP contribution in [0.5, 0.6) is 0 Å². The molecule has 1 heterocycles. The Morgan fingerprint density at radius 1 is 1.57 bits per heavy atom. The molecule has 4 nitrogen and oxygen atoms in total. The molecule has 5 heteroatoms. The minimum Gasteiger partial charge on any atom is -0.433 e. The van der Waals surface area contributed by atoms with E-state index in [9.17, 15) is 4.79 Å². The number of aliphatic hydroxyl groups excluding tert-OH is 1. The molecule has 72 valence electrons. The molecular weight excluding hydrogens is 206 g/mol. The molecule has 0 unspecified atom stereocenters. The highest BCUT2D eigenvalue weighted by Crippen LogP contribution is 2.20. The average Bonchev–Trinajstić information content (AvgIpc) is 2.60. The Morgan fingerprint density at radius 3 is 3.00 bits per heavy atom. The Bertz CT molecular complexity index is 492. The standard InChI is InChI=1S/C9H6ClNO3/c10-8(13)9-11-7-5(4-12)2-1-3-6(7)14-9/h1-3,12H,4H2. The van der Waals surface area contributed by atoms with E-state index >= 15 is 0 Å². The molecule has 14 heavy (non-hydrogen) atoms. The van der Waals surface area contributed by atoms with E-state index in [0.29, 0.717) is 16.7 Å². The predicted molar refractivity (Wildman–Crippen MR) is 50.1 cm³/mol. The number of rotatable bonds is 2. The van der Waals surface area contributed by atoms with Gasteiger partial charge in [0, 0.05) is 5.56 Å². The predicted octanol–water partition coefficient (Wildman–Crippen LogP) is 1.70. The van der Waals surface area contributed by atoms with Crippen molar-refractivity contribution in [3.8, 4) is 0 Å². The number of aromatic nitrogens is 1. The van der Waals surface area contributed by atoms with Crippen molar-refractivity contribution < 1.29 is 14.3 Å². The minimum absolute atomic E-state index is 0.150. The number of hydrogen-bond donors (Lipinski definition) is 1. The molecule has 0 aliphatic heterocycles. The van der Waals surface area contributed by atoms with Crippen LogP contribution in [0.15, 0.2) is 22.6 Å². The highest BCUT2D eigenvalue weighted by molar-refractivity contribution is 6.67. The number of oxazole rings is 1. The normalized spacial score (nSPS) is 10.7. The Balaban J connectivity index is 2.70. The third-order valence-electron chi connectivity index (χ3n) is 1.84. The topological polar surface area (TPSA) is 63.3 Å². The van der Waals surface area contributed by atoms with Crippen LogP contribution in [0.1, 0.15) is 16.2 Å². The molecule has 0 amide bonds. The Labute approximate surface area is 84.1 Å². The van der Waals surface area contributed by atoms with Gasteiger partial charge in [0.1, 0.15) is 5.52 Å². The number of nitrogens with zero attached hydrogens (tertiary/aromatic N) is 1. The van der Waals surface area contributed by atoms with Gasteiger partial charge in [0.05, 0.1) is 6.61 Å². The molecule has 1 aromatic heterocycles. The number of halogens is 1. The summed E-state index contributed by atoms with van der Waals surface area (Å²) in [6.07, 6.45) is 0. The van der Waals surface area contributed by atoms with Gasteiger partial charge in [0.15, 0.2) is 5.58 Å². The SMILES string of the molecule is O=C(Cl)c1nc2c(CO)cccc2o1. The van der Waals surface area contributed by atoms with Gasteiger partial charge < -0.3 is 9.52 Å². The molecule has 0 spiro atoms. The molecule has 1 N–H and O–H groups in total. The van der Waals surface area contributed by atoms with E-state index in [1.165, 1.54) is 0 Å². The Kier molecular flexibility index (Phi) is 2.23. The third-order valence-corrected chi connectivity index (χ3v) is 2.00. The van der Waals surface area contributed by atoms with Crippen LogP contribution in [0, 0.1) is 0 Å². The maximum absolute atomic E-state index is 10.8. The first-order valence-electron chi connectivity index (χ1n) is 3.91. The molecule has 2 aromatic rings. The molecule has 0 aliphatic carbocycles. The molecule has 0 fully saturated rings. The third kappa shape index (κ3) is 1.38. The van der Waals surface area contributed by atoms with E-state index in [2.05, 4.69) is 4.98 Å². The first-order chi connectivity index (χ1) is 6.72. The van der Waals surface area contributed by atoms with E-state index in [4.69, 9.17) is 21.1 Å². The molecule has 0 saturated carbocycles. The van der Waals surface area contributed by atoms with E-state index in [-0.39, 0.29) is 12.5 Å². The minimum atomic E-state index is -0.745. The fourth-order valence-electron chi connectivity index (χ4n) is 1.22. The fourth-order valence-corrected chi connectivity index (χ4v) is 1.30. The Hall–Kier alpha value is -1.39. The summed E-state index contributed by atoms with van der Waals surface area (Å²) in [7, 11) is 0. The van der Waals surface area contributed by atoms with Gasteiger partial charge in [-0.05, 0) is 17.7 Å². The number of fused-ring (bicyclic) bond motifs is 1. The molecule has 0 saturated heterocycles. The second kappa shape index (κ2) is 3.40. The largest absolute Gasteiger partial charge is 0.433 e. The van der Waals surface area contributed by atoms with Crippen LogP contribution in [0.2, 0.25) is 0 Å². The van der Waals surface area contributed by atoms with Gasteiger partial charge in [-0.3, -0.25) is 4.79 Å². The van der Waals surface area contributed by atoms with Crippen LogP contribution < -0.4 is 0 Å². The van der Waals surface area contributed by atoms with Crippen molar-refractivity contribution in [2.45, 2.75) is 6.61 Å². The lowest BCUT2D eigenvalue weighted by Crippen LogP contribution is -1.88. The summed E-state index contributed by atoms with van der Waals surface area (Å²) in [4.78, 5) is 14.6. The summed E-state index contributed by atoms with van der Waals surface area (Å²) in [5.41, 5.74) is 1.52. The second-order valence-electron chi connectivity index (χ2n) is 2.71. The van der Waals surface area contributed by atoms with Gasteiger partial charge in [-0.1, -0.05) is 12.1 Å². The van der Waals surface area contributed by atoms with Crippen molar-refractivity contribution >= 4 is 27.9 Å². The number of para-hydroxylation sites is 1. The first kappa shape index (κ1) is 9.18. The van der Waals surface area contributed by atoms with E-state index < -0.39 is 5.24 Å². The zero-order valence-corrected chi connectivity index (χ0v) is 7.78. The molecule has 1 aromatic carbocycles. The van der Waals surface area contributed by atoms with Gasteiger partial charge >= 0.3 is 5.24 Å². The van der Waals surface area contributed by atoms with Crippen LogP contribution in [0.4, 0.5) is 0 Å². The number of hydrogen-bond acceptors (Lipinski definition) is 4. The highest BCUT2D eigenvalue weighted by Gasteiger charge is 2.13. The summed E-state index contributed by atoms with van der Waals surface area (Å²) in [6.45, 7) is -0.153. The monoisotopic (exact) mass is 211 g/mol. The lowest BCUT2D eigenvalue weighted by molar-refractivity contribution is 0.105. The number of benzene rings is 1. The van der Waals surface area contributed by atoms with Gasteiger partial charge in [-0.2, -0.15) is 0 Å². The fraction of sp³-hybridized carbons (Fsp3) is 0.111. The second-order valence-corrected chi connectivity index (χ2v) is 3.06. The lowest BCUT2D eigenvalue weighted by Gasteiger charge is -1.93. The lowest BCUT2D eigenvalue weighted by atomic mass is 10.2. The summed E-state index contributed by atoms with van der Waals surface area (Å²) in [5, 5.41) is 8.24. The summed E-state index contributed by atoms with van der Waals surface area (Å²) < 4.78 is 5.07. The molecular formula is C9H6ClNO3. The van der Waals surface area contributed by atoms with Crippen molar-refractivity contribution in [1.29, 1.82) is 0 Å². The molecule has 0 bridgehead atoms. The van der Waals surface area contributed by atoms with Crippen molar-refractivity contribution in [2.75, 3.05) is 0 Å². The first-order valence-corrected chi connectivity index (χ1v) is 4.29. The van der Waals surface area contributed by atoms with E-state index in [0.717, 1.165) is 0 Å². The number of carbonyl (C=O) groups is 1. The van der Waals surface area contributed by atoms with E-state index in [1.54, 1.807) is 18.2 Å². The van der Waals surface area contributed by atoms with Crippen LogP contribution in [-0.4, -0.2) is 15.3 Å². The summed E-state index contributed by atoms with van der Waals surface area (Å²) in [6, 6.07) is 5.07. The molecule has 0 atom stereocenters. The Morgan fingerprint density at radius 2 is 2.36 bits per heavy atom. The number of carbonyl (C=O) groups excluding carboxylic acids is 1. The average molecular weight is 212 g/mol. The van der Waals surface area contributed by atoms with Crippen molar-refractivity contribution in [1.82, 2.24) is 4.98 Å². The van der Waals surface area contributed by atoms with Gasteiger partial charge in [-0.25, -0.2) is 4.98 Å².